The standard InChI is InChI=1S/C15H10ClNO/c16-14(12-4-2-1-3-5-12)15(18)13-8-6-11(10-17)7-9-13/h1-9,14H. The number of ketones is 1. The first-order chi connectivity index (χ1) is 8.72. The molecule has 0 aromatic heterocycles. The first kappa shape index (κ1) is 12.3. The molecule has 0 spiro atoms. The number of carbonyl (C=O) groups is 1. The van der Waals surface area contributed by atoms with Gasteiger partial charge in [0.2, 0.25) is 0 Å². The van der Waals surface area contributed by atoms with E-state index < -0.39 is 5.38 Å². The molecule has 0 fully saturated rings. The zero-order chi connectivity index (χ0) is 13.0. The highest BCUT2D eigenvalue weighted by Gasteiger charge is 2.18. The van der Waals surface area contributed by atoms with Crippen molar-refractivity contribution in [3.05, 3.63) is 71.3 Å². The van der Waals surface area contributed by atoms with Gasteiger partial charge in [-0.1, -0.05) is 42.5 Å². The van der Waals surface area contributed by atoms with Crippen molar-refractivity contribution in [2.24, 2.45) is 0 Å². The third-order valence-electron chi connectivity index (χ3n) is 2.62. The van der Waals surface area contributed by atoms with Gasteiger partial charge >= 0.3 is 0 Å². The molecule has 0 saturated carbocycles. The summed E-state index contributed by atoms with van der Waals surface area (Å²) in [6.07, 6.45) is 0. The lowest BCUT2D eigenvalue weighted by Crippen LogP contribution is -2.07. The first-order valence-corrected chi connectivity index (χ1v) is 5.89. The predicted molar refractivity (Wildman–Crippen MR) is 70.5 cm³/mol. The van der Waals surface area contributed by atoms with Gasteiger partial charge in [0.15, 0.2) is 5.78 Å². The van der Waals surface area contributed by atoms with Gasteiger partial charge in [-0.15, -0.1) is 11.6 Å². The number of halogens is 1. The summed E-state index contributed by atoms with van der Waals surface area (Å²) in [5, 5.41) is 8.00. The Hall–Kier alpha value is -2.11. The SMILES string of the molecule is N#Cc1ccc(C(=O)C(Cl)c2ccccc2)cc1. The molecule has 0 aliphatic rings. The Morgan fingerprint density at radius 2 is 1.67 bits per heavy atom. The van der Waals surface area contributed by atoms with Crippen molar-refractivity contribution in [2.75, 3.05) is 0 Å². The van der Waals surface area contributed by atoms with Crippen LogP contribution < -0.4 is 0 Å². The number of nitrogens with zero attached hydrogens (tertiary/aromatic N) is 1. The van der Waals surface area contributed by atoms with E-state index in [0.29, 0.717) is 11.1 Å². The van der Waals surface area contributed by atoms with Crippen LogP contribution in [0.15, 0.2) is 54.6 Å². The summed E-state index contributed by atoms with van der Waals surface area (Å²) in [4.78, 5) is 12.1. The molecule has 0 heterocycles. The molecule has 18 heavy (non-hydrogen) atoms. The molecule has 0 aliphatic carbocycles. The van der Waals surface area contributed by atoms with Crippen LogP contribution in [-0.2, 0) is 0 Å². The molecule has 2 aromatic carbocycles. The van der Waals surface area contributed by atoms with Crippen LogP contribution in [0.4, 0.5) is 0 Å². The number of alkyl halides is 1. The summed E-state index contributed by atoms with van der Waals surface area (Å²) in [5.74, 6) is -0.160. The maximum absolute atomic E-state index is 12.1. The molecule has 0 radical (unpaired) electrons. The fourth-order valence-electron chi connectivity index (χ4n) is 1.63. The van der Waals surface area contributed by atoms with Gasteiger partial charge in [-0.25, -0.2) is 0 Å². The van der Waals surface area contributed by atoms with Gasteiger partial charge in [0, 0.05) is 5.56 Å². The molecule has 0 aliphatic heterocycles. The first-order valence-electron chi connectivity index (χ1n) is 5.46. The quantitative estimate of drug-likeness (QED) is 0.619. The van der Waals surface area contributed by atoms with Gasteiger partial charge in [0.05, 0.1) is 11.6 Å². The Labute approximate surface area is 110 Å². The van der Waals surface area contributed by atoms with Crippen molar-refractivity contribution in [1.29, 1.82) is 5.26 Å². The zero-order valence-electron chi connectivity index (χ0n) is 9.51. The molecule has 0 saturated heterocycles. The maximum Gasteiger partial charge on any atom is 0.185 e. The summed E-state index contributed by atoms with van der Waals surface area (Å²) in [6, 6.07) is 17.7. The lowest BCUT2D eigenvalue weighted by atomic mass is 10.0. The number of nitriles is 1. The number of carbonyl (C=O) groups excluding carboxylic acids is 1. The number of hydrogen-bond acceptors (Lipinski definition) is 2. The van der Waals surface area contributed by atoms with Crippen molar-refractivity contribution < 1.29 is 4.79 Å². The lowest BCUT2D eigenvalue weighted by Gasteiger charge is -2.08. The molecular formula is C15H10ClNO. The summed E-state index contributed by atoms with van der Waals surface area (Å²) in [5.41, 5.74) is 1.81. The largest absolute Gasteiger partial charge is 0.292 e. The van der Waals surface area contributed by atoms with Crippen LogP contribution in [0.3, 0.4) is 0 Å². The van der Waals surface area contributed by atoms with Crippen LogP contribution in [0.5, 0.6) is 0 Å². The van der Waals surface area contributed by atoms with Gasteiger partial charge < -0.3 is 0 Å². The lowest BCUT2D eigenvalue weighted by molar-refractivity contribution is 0.0987. The smallest absolute Gasteiger partial charge is 0.185 e. The Morgan fingerprint density at radius 1 is 1.06 bits per heavy atom. The highest BCUT2D eigenvalue weighted by molar-refractivity contribution is 6.33. The Kier molecular flexibility index (Phi) is 3.76. The summed E-state index contributed by atoms with van der Waals surface area (Å²) in [6.45, 7) is 0. The highest BCUT2D eigenvalue weighted by atomic mass is 35.5. The fourth-order valence-corrected chi connectivity index (χ4v) is 1.90. The second-order valence-electron chi connectivity index (χ2n) is 3.83. The van der Waals surface area contributed by atoms with Gasteiger partial charge in [0.1, 0.15) is 5.38 Å². The van der Waals surface area contributed by atoms with E-state index in [0.717, 1.165) is 5.56 Å². The minimum absolute atomic E-state index is 0.160. The van der Waals surface area contributed by atoms with E-state index in [1.54, 1.807) is 24.3 Å². The average Bonchev–Trinajstić information content (AvgIpc) is 2.47. The minimum atomic E-state index is -0.695. The molecule has 88 valence electrons. The average molecular weight is 256 g/mol. The summed E-state index contributed by atoms with van der Waals surface area (Å²) in [7, 11) is 0. The molecule has 3 heteroatoms. The van der Waals surface area contributed by atoms with Crippen LogP contribution in [0, 0.1) is 11.3 Å². The Balaban J connectivity index is 2.23. The fraction of sp³-hybridized carbons (Fsp3) is 0.0667. The van der Waals surface area contributed by atoms with Crippen LogP contribution in [0.25, 0.3) is 0 Å². The molecule has 1 atom stereocenters. The van der Waals surface area contributed by atoms with Crippen LogP contribution in [0.2, 0.25) is 0 Å². The Morgan fingerprint density at radius 3 is 2.22 bits per heavy atom. The van der Waals surface area contributed by atoms with E-state index in [4.69, 9.17) is 16.9 Å². The van der Waals surface area contributed by atoms with E-state index in [9.17, 15) is 4.79 Å². The summed E-state index contributed by atoms with van der Waals surface area (Å²) < 4.78 is 0. The van der Waals surface area contributed by atoms with Gasteiger partial charge in [-0.2, -0.15) is 5.26 Å². The van der Waals surface area contributed by atoms with Crippen molar-refractivity contribution in [2.45, 2.75) is 5.38 Å². The van der Waals surface area contributed by atoms with E-state index in [2.05, 4.69) is 0 Å². The third-order valence-corrected chi connectivity index (χ3v) is 3.07. The minimum Gasteiger partial charge on any atom is -0.292 e. The number of Topliss-reactive ketones (excluding diaryl/α,β-unsaturated/α-hetero) is 1. The van der Waals surface area contributed by atoms with E-state index >= 15 is 0 Å². The second-order valence-corrected chi connectivity index (χ2v) is 4.26. The Bertz CT molecular complexity index is 584. The van der Waals surface area contributed by atoms with Crippen LogP contribution in [0.1, 0.15) is 26.9 Å². The van der Waals surface area contributed by atoms with Crippen LogP contribution >= 0.6 is 11.6 Å². The molecule has 0 N–H and O–H groups in total. The maximum atomic E-state index is 12.1. The van der Waals surface area contributed by atoms with E-state index in [1.165, 1.54) is 0 Å². The number of rotatable bonds is 3. The third kappa shape index (κ3) is 2.58. The number of hydrogen-bond donors (Lipinski definition) is 0. The zero-order valence-corrected chi connectivity index (χ0v) is 10.3. The van der Waals surface area contributed by atoms with Crippen molar-refractivity contribution in [1.82, 2.24) is 0 Å². The highest BCUT2D eigenvalue weighted by Crippen LogP contribution is 2.24. The van der Waals surface area contributed by atoms with Crippen molar-refractivity contribution >= 4 is 17.4 Å². The molecule has 0 bridgehead atoms. The molecule has 2 aromatic rings. The molecular weight excluding hydrogens is 246 g/mol. The summed E-state index contributed by atoms with van der Waals surface area (Å²) >= 11 is 6.15. The second kappa shape index (κ2) is 5.48. The van der Waals surface area contributed by atoms with E-state index in [-0.39, 0.29) is 5.78 Å². The molecule has 2 nitrogen and oxygen atoms in total. The van der Waals surface area contributed by atoms with Gasteiger partial charge in [-0.3, -0.25) is 4.79 Å². The molecule has 0 amide bonds. The predicted octanol–water partition coefficient (Wildman–Crippen LogP) is 3.72. The topological polar surface area (TPSA) is 40.9 Å². The van der Waals surface area contributed by atoms with Crippen LogP contribution in [-0.4, -0.2) is 5.78 Å². The van der Waals surface area contributed by atoms with E-state index in [1.807, 2.05) is 36.4 Å². The monoisotopic (exact) mass is 255 g/mol. The van der Waals surface area contributed by atoms with Crippen molar-refractivity contribution in [3.8, 4) is 6.07 Å². The normalized spacial score (nSPS) is 11.6. The molecule has 1 unspecified atom stereocenters. The van der Waals surface area contributed by atoms with Crippen molar-refractivity contribution in [3.63, 3.8) is 0 Å². The van der Waals surface area contributed by atoms with Gasteiger partial charge in [0.25, 0.3) is 0 Å². The number of benzene rings is 2. The molecule has 2 rings (SSSR count). The van der Waals surface area contributed by atoms with Gasteiger partial charge in [-0.05, 0) is 17.7 Å².